The van der Waals surface area contributed by atoms with Crippen molar-refractivity contribution in [1.82, 2.24) is 10.6 Å². The number of guanidine groups is 1. The van der Waals surface area contributed by atoms with Crippen molar-refractivity contribution in [2.24, 2.45) is 4.99 Å². The molecule has 0 atom stereocenters. The monoisotopic (exact) mass is 311 g/mol. The van der Waals surface area contributed by atoms with E-state index in [2.05, 4.69) is 22.5 Å². The molecule has 1 saturated carbocycles. The van der Waals surface area contributed by atoms with E-state index in [9.17, 15) is 0 Å². The zero-order valence-corrected chi connectivity index (χ0v) is 14.1. The van der Waals surface area contributed by atoms with E-state index in [-0.39, 0.29) is 0 Å². The summed E-state index contributed by atoms with van der Waals surface area (Å²) in [4.78, 5) is 4.68. The highest BCUT2D eigenvalue weighted by Gasteiger charge is 2.15. The molecule has 0 aromatic carbocycles. The fraction of sp³-hybridized carbons (Fsp3) is 0.941. The van der Waals surface area contributed by atoms with Gasteiger partial charge in [0.1, 0.15) is 0 Å². The Bertz CT molecular complexity index is 311. The van der Waals surface area contributed by atoms with Gasteiger partial charge < -0.3 is 20.1 Å². The Hall–Kier alpha value is -0.810. The minimum Gasteiger partial charge on any atom is -0.381 e. The zero-order chi connectivity index (χ0) is 15.5. The lowest BCUT2D eigenvalue weighted by Gasteiger charge is -2.25. The summed E-state index contributed by atoms with van der Waals surface area (Å²) >= 11 is 0. The fourth-order valence-electron chi connectivity index (χ4n) is 3.11. The largest absolute Gasteiger partial charge is 0.381 e. The molecule has 128 valence electrons. The van der Waals surface area contributed by atoms with E-state index >= 15 is 0 Å². The lowest BCUT2D eigenvalue weighted by Crippen LogP contribution is -2.44. The summed E-state index contributed by atoms with van der Waals surface area (Å²) in [6.07, 6.45) is 10.1. The van der Waals surface area contributed by atoms with Crippen molar-refractivity contribution >= 4 is 5.96 Å². The van der Waals surface area contributed by atoms with Gasteiger partial charge in [-0.05, 0) is 39.0 Å². The van der Waals surface area contributed by atoms with E-state index in [1.54, 1.807) is 0 Å². The predicted molar refractivity (Wildman–Crippen MR) is 90.4 cm³/mol. The van der Waals surface area contributed by atoms with Gasteiger partial charge in [0.05, 0.1) is 6.10 Å². The fourth-order valence-corrected chi connectivity index (χ4v) is 3.11. The van der Waals surface area contributed by atoms with Crippen LogP contribution in [0.15, 0.2) is 4.99 Å². The average molecular weight is 311 g/mol. The summed E-state index contributed by atoms with van der Waals surface area (Å²) in [5.74, 6) is 0.973. The van der Waals surface area contributed by atoms with Crippen LogP contribution in [0.3, 0.4) is 0 Å². The summed E-state index contributed by atoms with van der Waals surface area (Å²) in [6.45, 7) is 6.35. The molecule has 1 heterocycles. The molecule has 0 aromatic heterocycles. The first-order valence-corrected chi connectivity index (χ1v) is 9.12. The number of aliphatic imine (C=N–C) groups is 1. The van der Waals surface area contributed by atoms with Crippen LogP contribution in [0.25, 0.3) is 0 Å². The van der Waals surface area contributed by atoms with Crippen molar-refractivity contribution in [3.8, 4) is 0 Å². The van der Waals surface area contributed by atoms with Crippen molar-refractivity contribution < 1.29 is 9.47 Å². The Balaban J connectivity index is 1.61. The Morgan fingerprint density at radius 3 is 2.64 bits per heavy atom. The Morgan fingerprint density at radius 1 is 1.14 bits per heavy atom. The molecule has 2 rings (SSSR count). The number of hydrogen-bond acceptors (Lipinski definition) is 3. The first-order valence-electron chi connectivity index (χ1n) is 9.12. The third-order valence-electron chi connectivity index (χ3n) is 4.38. The van der Waals surface area contributed by atoms with Gasteiger partial charge in [-0.25, -0.2) is 0 Å². The van der Waals surface area contributed by atoms with Gasteiger partial charge in [0, 0.05) is 39.0 Å². The third-order valence-corrected chi connectivity index (χ3v) is 4.38. The Morgan fingerprint density at radius 2 is 1.91 bits per heavy atom. The smallest absolute Gasteiger partial charge is 0.191 e. The van der Waals surface area contributed by atoms with Crippen molar-refractivity contribution in [2.75, 3.05) is 32.9 Å². The molecular formula is C17H33N3O2. The van der Waals surface area contributed by atoms with Crippen LogP contribution in [-0.2, 0) is 9.47 Å². The highest BCUT2D eigenvalue weighted by atomic mass is 16.5. The molecule has 22 heavy (non-hydrogen) atoms. The molecule has 0 bridgehead atoms. The standard InChI is InChI=1S/C17H33N3O2/c1-2-18-17(20-15-7-4-3-5-8-15)19-11-6-12-22-16-9-13-21-14-10-16/h15-16H,2-14H2,1H3,(H2,18,19,20). The van der Waals surface area contributed by atoms with Crippen LogP contribution in [-0.4, -0.2) is 51.0 Å². The molecule has 1 aliphatic heterocycles. The van der Waals surface area contributed by atoms with E-state index < -0.39 is 0 Å². The van der Waals surface area contributed by atoms with Crippen LogP contribution in [0.2, 0.25) is 0 Å². The Kier molecular flexibility index (Phi) is 8.64. The maximum Gasteiger partial charge on any atom is 0.191 e. The molecule has 2 N–H and O–H groups in total. The summed E-state index contributed by atoms with van der Waals surface area (Å²) < 4.78 is 11.2. The molecule has 0 spiro atoms. The van der Waals surface area contributed by atoms with Gasteiger partial charge in [-0.2, -0.15) is 0 Å². The van der Waals surface area contributed by atoms with E-state index in [1.165, 1.54) is 32.1 Å². The average Bonchev–Trinajstić information content (AvgIpc) is 2.56. The molecule has 1 aliphatic carbocycles. The Labute approximate surface area is 135 Å². The lowest BCUT2D eigenvalue weighted by molar-refractivity contribution is -0.0318. The van der Waals surface area contributed by atoms with Crippen molar-refractivity contribution in [1.29, 1.82) is 0 Å². The van der Waals surface area contributed by atoms with Crippen molar-refractivity contribution in [2.45, 2.75) is 70.4 Å². The summed E-state index contributed by atoms with van der Waals surface area (Å²) in [7, 11) is 0. The highest BCUT2D eigenvalue weighted by molar-refractivity contribution is 5.80. The van der Waals surface area contributed by atoms with Gasteiger partial charge in [0.15, 0.2) is 5.96 Å². The number of nitrogens with one attached hydrogen (secondary N) is 2. The van der Waals surface area contributed by atoms with Crippen LogP contribution >= 0.6 is 0 Å². The maximum absolute atomic E-state index is 5.88. The van der Waals surface area contributed by atoms with Crippen LogP contribution in [0, 0.1) is 0 Å². The number of rotatable bonds is 7. The number of hydrogen-bond donors (Lipinski definition) is 2. The van der Waals surface area contributed by atoms with E-state index in [0.717, 1.165) is 58.1 Å². The molecule has 0 unspecified atom stereocenters. The van der Waals surface area contributed by atoms with Gasteiger partial charge >= 0.3 is 0 Å². The highest BCUT2D eigenvalue weighted by Crippen LogP contribution is 2.17. The molecule has 0 aromatic rings. The van der Waals surface area contributed by atoms with Crippen molar-refractivity contribution in [3.05, 3.63) is 0 Å². The normalized spacial score (nSPS) is 21.8. The molecular weight excluding hydrogens is 278 g/mol. The quantitative estimate of drug-likeness (QED) is 0.431. The molecule has 1 saturated heterocycles. The van der Waals surface area contributed by atoms with Gasteiger partial charge in [-0.15, -0.1) is 0 Å². The van der Waals surface area contributed by atoms with Crippen LogP contribution in [0.4, 0.5) is 0 Å². The van der Waals surface area contributed by atoms with E-state index in [4.69, 9.17) is 9.47 Å². The van der Waals surface area contributed by atoms with Crippen LogP contribution in [0.5, 0.6) is 0 Å². The van der Waals surface area contributed by atoms with Gasteiger partial charge in [-0.1, -0.05) is 19.3 Å². The van der Waals surface area contributed by atoms with Crippen molar-refractivity contribution in [3.63, 3.8) is 0 Å². The third kappa shape index (κ3) is 6.97. The SMILES string of the molecule is CCNC(=NCCCOC1CCOCC1)NC1CCCCC1. The maximum atomic E-state index is 5.88. The molecule has 0 radical (unpaired) electrons. The second-order valence-corrected chi connectivity index (χ2v) is 6.28. The summed E-state index contributed by atoms with van der Waals surface area (Å²) in [5.41, 5.74) is 0. The molecule has 0 amide bonds. The summed E-state index contributed by atoms with van der Waals surface area (Å²) in [6, 6.07) is 0.602. The number of nitrogens with zero attached hydrogens (tertiary/aromatic N) is 1. The lowest BCUT2D eigenvalue weighted by atomic mass is 9.96. The predicted octanol–water partition coefficient (Wildman–Crippen LogP) is 2.46. The second kappa shape index (κ2) is 10.8. The van der Waals surface area contributed by atoms with E-state index in [0.29, 0.717) is 12.1 Å². The molecule has 2 aliphatic rings. The molecule has 5 nitrogen and oxygen atoms in total. The van der Waals surface area contributed by atoms with Crippen LogP contribution < -0.4 is 10.6 Å². The van der Waals surface area contributed by atoms with E-state index in [1.807, 2.05) is 0 Å². The topological polar surface area (TPSA) is 54.9 Å². The number of ether oxygens (including phenoxy) is 2. The molecule has 2 fully saturated rings. The van der Waals surface area contributed by atoms with Crippen LogP contribution in [0.1, 0.15) is 58.3 Å². The van der Waals surface area contributed by atoms with Gasteiger partial charge in [-0.3, -0.25) is 4.99 Å². The minimum absolute atomic E-state index is 0.395. The first kappa shape index (κ1) is 17.5. The first-order chi connectivity index (χ1) is 10.9. The van der Waals surface area contributed by atoms with Gasteiger partial charge in [0.2, 0.25) is 0 Å². The zero-order valence-electron chi connectivity index (χ0n) is 14.1. The summed E-state index contributed by atoms with van der Waals surface area (Å²) in [5, 5.41) is 6.93. The molecule has 5 heteroatoms. The van der Waals surface area contributed by atoms with Gasteiger partial charge in [0.25, 0.3) is 0 Å². The second-order valence-electron chi connectivity index (χ2n) is 6.28. The minimum atomic E-state index is 0.395.